The van der Waals surface area contributed by atoms with E-state index < -0.39 is 0 Å². The standard InChI is InChI=1S/C17H16N4OS2/c1-19-16(13-7-10-23-15(13)18)20-8-3-2-5-12-11-24-17(21-12)14-6-4-9-22-14/h4,6-7,9-11H,3,8,18H2,1H3,(H,19,20). The number of aromatic nitrogens is 1. The first-order chi connectivity index (χ1) is 11.8. The van der Waals surface area contributed by atoms with Crippen molar-refractivity contribution in [2.45, 2.75) is 6.42 Å². The van der Waals surface area contributed by atoms with E-state index in [-0.39, 0.29) is 0 Å². The zero-order chi connectivity index (χ0) is 16.8. The second kappa shape index (κ2) is 7.81. The van der Waals surface area contributed by atoms with Gasteiger partial charge in [-0.25, -0.2) is 4.98 Å². The number of amidine groups is 1. The normalized spacial score (nSPS) is 11.1. The number of nitrogens with one attached hydrogen (secondary N) is 1. The number of thiophene rings is 1. The van der Waals surface area contributed by atoms with Crippen LogP contribution in [0, 0.1) is 11.8 Å². The first-order valence-corrected chi connectivity index (χ1v) is 9.06. The van der Waals surface area contributed by atoms with Gasteiger partial charge in [0.05, 0.1) is 16.8 Å². The van der Waals surface area contributed by atoms with Crippen LogP contribution in [0.25, 0.3) is 10.8 Å². The quantitative estimate of drug-likeness (QED) is 0.325. The number of aliphatic imine (C=N–C) groups is 1. The zero-order valence-electron chi connectivity index (χ0n) is 13.1. The van der Waals surface area contributed by atoms with Crippen molar-refractivity contribution in [3.8, 4) is 22.6 Å². The zero-order valence-corrected chi connectivity index (χ0v) is 14.7. The Labute approximate surface area is 148 Å². The molecule has 0 radical (unpaired) electrons. The molecule has 0 atom stereocenters. The number of furan rings is 1. The number of thiazole rings is 1. The lowest BCUT2D eigenvalue weighted by molar-refractivity contribution is 0.582. The van der Waals surface area contributed by atoms with Gasteiger partial charge >= 0.3 is 0 Å². The Morgan fingerprint density at radius 1 is 1.42 bits per heavy atom. The largest absolute Gasteiger partial charge is 0.462 e. The Morgan fingerprint density at radius 3 is 3.04 bits per heavy atom. The monoisotopic (exact) mass is 356 g/mol. The fourth-order valence-corrected chi connectivity index (χ4v) is 3.41. The summed E-state index contributed by atoms with van der Waals surface area (Å²) in [5.74, 6) is 7.75. The van der Waals surface area contributed by atoms with Gasteiger partial charge in [0.25, 0.3) is 0 Å². The molecule has 0 bridgehead atoms. The molecule has 0 saturated heterocycles. The molecule has 3 N–H and O–H groups in total. The van der Waals surface area contributed by atoms with Crippen LogP contribution in [-0.4, -0.2) is 24.4 Å². The molecule has 5 nitrogen and oxygen atoms in total. The van der Waals surface area contributed by atoms with Crippen molar-refractivity contribution in [1.82, 2.24) is 10.3 Å². The highest BCUT2D eigenvalue weighted by atomic mass is 32.1. The van der Waals surface area contributed by atoms with E-state index in [4.69, 9.17) is 10.2 Å². The summed E-state index contributed by atoms with van der Waals surface area (Å²) in [6.45, 7) is 0.699. The fourth-order valence-electron chi connectivity index (χ4n) is 2.05. The molecular weight excluding hydrogens is 340 g/mol. The number of nitrogen functional groups attached to an aromatic ring is 1. The van der Waals surface area contributed by atoms with E-state index in [0.29, 0.717) is 13.0 Å². The van der Waals surface area contributed by atoms with Crippen molar-refractivity contribution in [3.63, 3.8) is 0 Å². The molecule has 0 aliphatic rings. The van der Waals surface area contributed by atoms with Gasteiger partial charge in [-0.1, -0.05) is 5.92 Å². The molecule has 0 aliphatic heterocycles. The van der Waals surface area contributed by atoms with Gasteiger partial charge in [-0.3, -0.25) is 4.99 Å². The molecular formula is C17H16N4OS2. The number of hydrogen-bond acceptors (Lipinski definition) is 6. The second-order valence-electron chi connectivity index (χ2n) is 4.76. The molecule has 0 amide bonds. The summed E-state index contributed by atoms with van der Waals surface area (Å²) in [7, 11) is 1.75. The Kier molecular flexibility index (Phi) is 5.31. The minimum atomic E-state index is 0.691. The molecule has 0 fully saturated rings. The molecule has 7 heteroatoms. The lowest BCUT2D eigenvalue weighted by atomic mass is 10.3. The van der Waals surface area contributed by atoms with E-state index >= 15 is 0 Å². The molecule has 0 saturated carbocycles. The van der Waals surface area contributed by atoms with E-state index in [1.807, 2.05) is 29.0 Å². The van der Waals surface area contributed by atoms with Crippen molar-refractivity contribution in [1.29, 1.82) is 0 Å². The average Bonchev–Trinajstić information content (AvgIpc) is 3.32. The molecule has 3 heterocycles. The number of nitrogens with zero attached hydrogens (tertiary/aromatic N) is 2. The van der Waals surface area contributed by atoms with Crippen LogP contribution in [0.5, 0.6) is 0 Å². The smallest absolute Gasteiger partial charge is 0.162 e. The fraction of sp³-hybridized carbons (Fsp3) is 0.176. The van der Waals surface area contributed by atoms with E-state index in [0.717, 1.165) is 32.9 Å². The molecule has 0 spiro atoms. The number of nitrogens with two attached hydrogens (primary N) is 1. The van der Waals surface area contributed by atoms with Crippen LogP contribution in [0.2, 0.25) is 0 Å². The number of rotatable bonds is 4. The molecule has 3 aromatic heterocycles. The Bertz CT molecular complexity index is 881. The molecule has 0 aliphatic carbocycles. The maximum atomic E-state index is 5.92. The van der Waals surface area contributed by atoms with Crippen molar-refractivity contribution in [3.05, 3.63) is 46.5 Å². The summed E-state index contributed by atoms with van der Waals surface area (Å²) in [5.41, 5.74) is 7.63. The minimum Gasteiger partial charge on any atom is -0.462 e. The highest BCUT2D eigenvalue weighted by Crippen LogP contribution is 2.23. The summed E-state index contributed by atoms with van der Waals surface area (Å²) in [6, 6.07) is 5.70. The summed E-state index contributed by atoms with van der Waals surface area (Å²) >= 11 is 3.03. The molecule has 3 rings (SSSR count). The maximum absolute atomic E-state index is 5.92. The summed E-state index contributed by atoms with van der Waals surface area (Å²) in [5, 5.41) is 8.77. The highest BCUT2D eigenvalue weighted by molar-refractivity contribution is 7.14. The van der Waals surface area contributed by atoms with Gasteiger partial charge in [0.1, 0.15) is 11.5 Å². The maximum Gasteiger partial charge on any atom is 0.162 e. The van der Waals surface area contributed by atoms with Crippen LogP contribution in [0.1, 0.15) is 17.7 Å². The van der Waals surface area contributed by atoms with Gasteiger partial charge < -0.3 is 15.5 Å². The van der Waals surface area contributed by atoms with Crippen LogP contribution >= 0.6 is 22.7 Å². The number of anilines is 1. The van der Waals surface area contributed by atoms with Crippen LogP contribution in [0.4, 0.5) is 5.00 Å². The first kappa shape index (κ1) is 16.3. The third-order valence-corrected chi connectivity index (χ3v) is 4.77. The summed E-state index contributed by atoms with van der Waals surface area (Å²) < 4.78 is 5.33. The lowest BCUT2D eigenvalue weighted by Gasteiger charge is -2.06. The minimum absolute atomic E-state index is 0.691. The van der Waals surface area contributed by atoms with Crippen LogP contribution in [0.3, 0.4) is 0 Å². The first-order valence-electron chi connectivity index (χ1n) is 7.30. The topological polar surface area (TPSA) is 76.4 Å². The van der Waals surface area contributed by atoms with Gasteiger partial charge in [0.2, 0.25) is 0 Å². The summed E-state index contributed by atoms with van der Waals surface area (Å²) in [4.78, 5) is 8.69. The van der Waals surface area contributed by atoms with E-state index in [1.54, 1.807) is 13.3 Å². The Balaban J connectivity index is 1.52. The predicted molar refractivity (Wildman–Crippen MR) is 101 cm³/mol. The van der Waals surface area contributed by atoms with Gasteiger partial charge in [-0.2, -0.15) is 0 Å². The SMILES string of the molecule is CN=C(NCCC#Cc1csc(-c2ccco2)n1)c1ccsc1N. The van der Waals surface area contributed by atoms with E-state index in [9.17, 15) is 0 Å². The van der Waals surface area contributed by atoms with Crippen molar-refractivity contribution >= 4 is 33.5 Å². The molecule has 24 heavy (non-hydrogen) atoms. The second-order valence-corrected chi connectivity index (χ2v) is 6.57. The van der Waals surface area contributed by atoms with Gasteiger partial charge in [-0.15, -0.1) is 22.7 Å². The number of hydrogen-bond donors (Lipinski definition) is 2. The molecule has 0 unspecified atom stereocenters. The van der Waals surface area contributed by atoms with Crippen molar-refractivity contribution in [2.24, 2.45) is 4.99 Å². The van der Waals surface area contributed by atoms with Gasteiger partial charge in [0.15, 0.2) is 10.8 Å². The lowest BCUT2D eigenvalue weighted by Crippen LogP contribution is -2.25. The van der Waals surface area contributed by atoms with Crippen molar-refractivity contribution in [2.75, 3.05) is 19.3 Å². The van der Waals surface area contributed by atoms with Crippen LogP contribution < -0.4 is 11.1 Å². The third kappa shape index (κ3) is 3.85. The molecule has 0 aromatic carbocycles. The van der Waals surface area contributed by atoms with Gasteiger partial charge in [0, 0.05) is 25.4 Å². The van der Waals surface area contributed by atoms with Crippen molar-refractivity contribution < 1.29 is 4.42 Å². The average molecular weight is 356 g/mol. The molecule has 3 aromatic rings. The third-order valence-electron chi connectivity index (χ3n) is 3.17. The Morgan fingerprint density at radius 2 is 2.33 bits per heavy atom. The van der Waals surface area contributed by atoms with E-state index in [1.165, 1.54) is 22.7 Å². The predicted octanol–water partition coefficient (Wildman–Crippen LogP) is 3.45. The van der Waals surface area contributed by atoms with Crippen LogP contribution in [-0.2, 0) is 0 Å². The van der Waals surface area contributed by atoms with Gasteiger partial charge in [-0.05, 0) is 29.5 Å². The van der Waals surface area contributed by atoms with Crippen LogP contribution in [0.15, 0.2) is 44.6 Å². The molecule has 122 valence electrons. The summed E-state index contributed by atoms with van der Waals surface area (Å²) in [6.07, 6.45) is 2.33. The van der Waals surface area contributed by atoms with E-state index in [2.05, 4.69) is 27.1 Å². The highest BCUT2D eigenvalue weighted by Gasteiger charge is 2.07. The Hall–Kier alpha value is -2.56.